The minimum Gasteiger partial charge on any atom is -0.454 e. The molecule has 3 heterocycles. The first kappa shape index (κ1) is 12.9. The summed E-state index contributed by atoms with van der Waals surface area (Å²) in [6.07, 6.45) is 4.55. The van der Waals surface area contributed by atoms with Crippen LogP contribution in [0, 0.1) is 0 Å². The van der Waals surface area contributed by atoms with E-state index >= 15 is 0 Å². The van der Waals surface area contributed by atoms with Crippen molar-refractivity contribution in [1.82, 2.24) is 19.7 Å². The average Bonchev–Trinajstić information content (AvgIpc) is 3.27. The van der Waals surface area contributed by atoms with Crippen LogP contribution in [0.25, 0.3) is 11.5 Å². The van der Waals surface area contributed by atoms with E-state index in [9.17, 15) is 0 Å². The van der Waals surface area contributed by atoms with Crippen LogP contribution in [0.2, 0.25) is 0 Å². The summed E-state index contributed by atoms with van der Waals surface area (Å²) < 4.78 is 18.0. The fraction of sp³-hybridized carbons (Fsp3) is 0.267. The Kier molecular flexibility index (Phi) is 3.03. The molecular formula is C15H14N4O3. The smallest absolute Gasteiger partial charge is 0.258 e. The molecule has 0 atom stereocenters. The van der Waals surface area contributed by atoms with Gasteiger partial charge in [0.25, 0.3) is 5.89 Å². The number of ether oxygens (including phenoxy) is 2. The molecule has 3 aromatic rings. The molecular weight excluding hydrogens is 284 g/mol. The van der Waals surface area contributed by atoms with Gasteiger partial charge in [0.2, 0.25) is 6.79 Å². The first-order chi connectivity index (χ1) is 10.8. The molecule has 7 nitrogen and oxygen atoms in total. The molecule has 1 aromatic carbocycles. The average molecular weight is 298 g/mol. The number of fused-ring (bicyclic) bond motifs is 1. The molecule has 1 aliphatic heterocycles. The SMILES string of the molecule is CCc1nccn1Cc1noc(-c2ccc3c(c2)OCO3)n1. The maximum atomic E-state index is 5.36. The Labute approximate surface area is 126 Å². The fourth-order valence-electron chi connectivity index (χ4n) is 2.42. The van der Waals surface area contributed by atoms with Crippen LogP contribution in [-0.2, 0) is 13.0 Å². The normalized spacial score (nSPS) is 12.8. The molecule has 0 saturated heterocycles. The van der Waals surface area contributed by atoms with Gasteiger partial charge in [-0.1, -0.05) is 12.1 Å². The van der Waals surface area contributed by atoms with Gasteiger partial charge in [-0.2, -0.15) is 4.98 Å². The van der Waals surface area contributed by atoms with Crippen LogP contribution in [0.5, 0.6) is 11.5 Å². The Morgan fingerprint density at radius 1 is 1.23 bits per heavy atom. The van der Waals surface area contributed by atoms with Gasteiger partial charge in [-0.05, 0) is 18.2 Å². The summed E-state index contributed by atoms with van der Waals surface area (Å²) in [5.41, 5.74) is 0.810. The molecule has 0 fully saturated rings. The number of imidazole rings is 1. The van der Waals surface area contributed by atoms with E-state index in [-0.39, 0.29) is 6.79 Å². The molecule has 112 valence electrons. The van der Waals surface area contributed by atoms with Crippen LogP contribution in [0.4, 0.5) is 0 Å². The summed E-state index contributed by atoms with van der Waals surface area (Å²) in [6.45, 7) is 2.85. The van der Waals surface area contributed by atoms with E-state index in [2.05, 4.69) is 22.0 Å². The summed E-state index contributed by atoms with van der Waals surface area (Å²) in [5, 5.41) is 4.03. The predicted molar refractivity (Wildman–Crippen MR) is 76.6 cm³/mol. The maximum Gasteiger partial charge on any atom is 0.258 e. The Bertz CT molecular complexity index is 809. The highest BCUT2D eigenvalue weighted by atomic mass is 16.7. The Hall–Kier alpha value is -2.83. The zero-order valence-electron chi connectivity index (χ0n) is 12.0. The Balaban J connectivity index is 1.59. The van der Waals surface area contributed by atoms with Crippen LogP contribution >= 0.6 is 0 Å². The van der Waals surface area contributed by atoms with Gasteiger partial charge in [-0.25, -0.2) is 4.98 Å². The third-order valence-corrected chi connectivity index (χ3v) is 3.52. The second-order valence-electron chi connectivity index (χ2n) is 4.91. The van der Waals surface area contributed by atoms with Crippen molar-refractivity contribution >= 4 is 0 Å². The van der Waals surface area contributed by atoms with Crippen LogP contribution in [0.15, 0.2) is 35.1 Å². The molecule has 0 saturated carbocycles. The lowest BCUT2D eigenvalue weighted by molar-refractivity contribution is 0.174. The van der Waals surface area contributed by atoms with E-state index < -0.39 is 0 Å². The van der Waals surface area contributed by atoms with Crippen molar-refractivity contribution < 1.29 is 14.0 Å². The second-order valence-corrected chi connectivity index (χ2v) is 4.91. The summed E-state index contributed by atoms with van der Waals surface area (Å²) in [4.78, 5) is 8.72. The van der Waals surface area contributed by atoms with E-state index in [0.717, 1.165) is 23.6 Å². The standard InChI is InChI=1S/C15H14N4O3/c1-2-14-16-5-6-19(14)8-13-17-15(22-18-13)10-3-4-11-12(7-10)21-9-20-11/h3-7H,2,8-9H2,1H3. The number of rotatable bonds is 4. The zero-order valence-corrected chi connectivity index (χ0v) is 12.0. The van der Waals surface area contributed by atoms with Crippen LogP contribution in [0.1, 0.15) is 18.6 Å². The molecule has 0 amide bonds. The highest BCUT2D eigenvalue weighted by molar-refractivity contribution is 5.60. The molecule has 0 spiro atoms. The molecule has 0 aliphatic carbocycles. The van der Waals surface area contributed by atoms with Gasteiger partial charge >= 0.3 is 0 Å². The lowest BCUT2D eigenvalue weighted by atomic mass is 10.2. The van der Waals surface area contributed by atoms with E-state index in [1.165, 1.54) is 0 Å². The number of hydrogen-bond acceptors (Lipinski definition) is 6. The van der Waals surface area contributed by atoms with Crippen molar-refractivity contribution in [2.45, 2.75) is 19.9 Å². The topological polar surface area (TPSA) is 75.2 Å². The lowest BCUT2D eigenvalue weighted by Crippen LogP contribution is -2.04. The molecule has 0 N–H and O–H groups in total. The molecule has 4 rings (SSSR count). The molecule has 7 heteroatoms. The summed E-state index contributed by atoms with van der Waals surface area (Å²) in [6, 6.07) is 5.56. The molecule has 22 heavy (non-hydrogen) atoms. The predicted octanol–water partition coefficient (Wildman–Crippen LogP) is 2.27. The number of aryl methyl sites for hydroxylation is 1. The monoisotopic (exact) mass is 298 g/mol. The Morgan fingerprint density at radius 2 is 2.14 bits per heavy atom. The van der Waals surface area contributed by atoms with Crippen molar-refractivity contribution in [3.05, 3.63) is 42.2 Å². The number of aromatic nitrogens is 4. The maximum absolute atomic E-state index is 5.36. The Morgan fingerprint density at radius 3 is 3.05 bits per heavy atom. The third kappa shape index (κ3) is 2.20. The minimum absolute atomic E-state index is 0.244. The third-order valence-electron chi connectivity index (χ3n) is 3.52. The first-order valence-electron chi connectivity index (χ1n) is 7.06. The van der Waals surface area contributed by atoms with E-state index in [1.807, 2.05) is 29.0 Å². The molecule has 2 aromatic heterocycles. The summed E-state index contributed by atoms with van der Waals surface area (Å²) in [5.74, 6) is 3.50. The second kappa shape index (κ2) is 5.18. The van der Waals surface area contributed by atoms with Crippen molar-refractivity contribution in [3.63, 3.8) is 0 Å². The molecule has 0 unspecified atom stereocenters. The number of hydrogen-bond donors (Lipinski definition) is 0. The number of benzene rings is 1. The van der Waals surface area contributed by atoms with Crippen molar-refractivity contribution in [2.75, 3.05) is 6.79 Å². The largest absolute Gasteiger partial charge is 0.454 e. The summed E-state index contributed by atoms with van der Waals surface area (Å²) >= 11 is 0. The van der Waals surface area contributed by atoms with Crippen LogP contribution in [0.3, 0.4) is 0 Å². The quantitative estimate of drug-likeness (QED) is 0.735. The van der Waals surface area contributed by atoms with Gasteiger partial charge in [0.15, 0.2) is 17.3 Å². The van der Waals surface area contributed by atoms with Gasteiger partial charge in [0, 0.05) is 24.4 Å². The molecule has 0 radical (unpaired) electrons. The fourth-order valence-corrected chi connectivity index (χ4v) is 2.42. The molecule has 1 aliphatic rings. The minimum atomic E-state index is 0.244. The van der Waals surface area contributed by atoms with Crippen molar-refractivity contribution in [1.29, 1.82) is 0 Å². The zero-order chi connectivity index (χ0) is 14.9. The van der Waals surface area contributed by atoms with Gasteiger partial charge < -0.3 is 18.6 Å². The van der Waals surface area contributed by atoms with E-state index in [4.69, 9.17) is 14.0 Å². The van der Waals surface area contributed by atoms with E-state index in [0.29, 0.717) is 24.0 Å². The van der Waals surface area contributed by atoms with Gasteiger partial charge in [0.1, 0.15) is 5.82 Å². The van der Waals surface area contributed by atoms with Crippen LogP contribution < -0.4 is 9.47 Å². The van der Waals surface area contributed by atoms with E-state index in [1.54, 1.807) is 6.20 Å². The van der Waals surface area contributed by atoms with Gasteiger partial charge in [-0.3, -0.25) is 0 Å². The summed E-state index contributed by atoms with van der Waals surface area (Å²) in [7, 11) is 0. The van der Waals surface area contributed by atoms with Crippen molar-refractivity contribution in [2.24, 2.45) is 0 Å². The lowest BCUT2D eigenvalue weighted by Gasteiger charge is -2.01. The number of nitrogens with zero attached hydrogens (tertiary/aromatic N) is 4. The van der Waals surface area contributed by atoms with Gasteiger partial charge in [-0.15, -0.1) is 0 Å². The highest BCUT2D eigenvalue weighted by Crippen LogP contribution is 2.35. The first-order valence-corrected chi connectivity index (χ1v) is 7.06. The van der Waals surface area contributed by atoms with Crippen LogP contribution in [-0.4, -0.2) is 26.5 Å². The van der Waals surface area contributed by atoms with Gasteiger partial charge in [0.05, 0.1) is 6.54 Å². The van der Waals surface area contributed by atoms with Crippen molar-refractivity contribution in [3.8, 4) is 23.0 Å². The molecule has 0 bridgehead atoms. The highest BCUT2D eigenvalue weighted by Gasteiger charge is 2.17.